The molecule has 1 aromatic heterocycles. The highest BCUT2D eigenvalue weighted by Crippen LogP contribution is 2.28. The molecule has 0 radical (unpaired) electrons. The van der Waals surface area contributed by atoms with Gasteiger partial charge in [0.05, 0.1) is 5.56 Å². The van der Waals surface area contributed by atoms with E-state index in [2.05, 4.69) is 10.3 Å². The van der Waals surface area contributed by atoms with Gasteiger partial charge in [-0.3, -0.25) is 0 Å². The third-order valence-electron chi connectivity index (χ3n) is 3.86. The molecule has 0 aliphatic heterocycles. The number of hydrogen-bond acceptors (Lipinski definition) is 4. The van der Waals surface area contributed by atoms with Gasteiger partial charge < -0.3 is 15.5 Å². The number of aryl methyl sites for hydroxylation is 1. The molecular weight excluding hydrogens is 256 g/mol. The molecule has 3 N–H and O–H groups in total. The molecule has 0 aromatic carbocycles. The highest BCUT2D eigenvalue weighted by atomic mass is 16.4. The molecule has 1 fully saturated rings. The first-order valence-corrected chi connectivity index (χ1v) is 7.25. The Bertz CT molecular complexity index is 476. The number of hydrogen-bond donors (Lipinski definition) is 3. The van der Waals surface area contributed by atoms with Crippen LogP contribution < -0.4 is 5.32 Å². The lowest BCUT2D eigenvalue weighted by atomic mass is 10.0. The zero-order valence-corrected chi connectivity index (χ0v) is 11.8. The minimum absolute atomic E-state index is 0.165. The van der Waals surface area contributed by atoms with Crippen molar-refractivity contribution in [3.63, 3.8) is 0 Å². The number of aliphatic hydroxyl groups excluding tert-OH is 1. The molecule has 0 saturated heterocycles. The second-order valence-corrected chi connectivity index (χ2v) is 5.41. The molecule has 0 bridgehead atoms. The van der Waals surface area contributed by atoms with Crippen LogP contribution in [0.2, 0.25) is 0 Å². The normalized spacial score (nSPS) is 21.9. The number of nitrogens with zero attached hydrogens (tertiary/aromatic N) is 1. The van der Waals surface area contributed by atoms with Gasteiger partial charge in [0.2, 0.25) is 0 Å². The van der Waals surface area contributed by atoms with E-state index >= 15 is 0 Å². The van der Waals surface area contributed by atoms with Crippen LogP contribution in [0.4, 0.5) is 5.82 Å². The lowest BCUT2D eigenvalue weighted by Crippen LogP contribution is -2.27. The van der Waals surface area contributed by atoms with E-state index in [0.717, 1.165) is 37.8 Å². The first-order chi connectivity index (χ1) is 9.63. The summed E-state index contributed by atoms with van der Waals surface area (Å²) < 4.78 is 0. The topological polar surface area (TPSA) is 82.5 Å². The fourth-order valence-electron chi connectivity index (χ4n) is 2.80. The zero-order valence-electron chi connectivity index (χ0n) is 11.8. The Morgan fingerprint density at radius 3 is 2.90 bits per heavy atom. The molecular formula is C15H22N2O3. The van der Waals surface area contributed by atoms with E-state index in [9.17, 15) is 9.90 Å². The molecule has 1 saturated carbocycles. The van der Waals surface area contributed by atoms with Gasteiger partial charge in [0.1, 0.15) is 5.82 Å². The molecule has 1 aliphatic carbocycles. The van der Waals surface area contributed by atoms with Crippen LogP contribution in [0.25, 0.3) is 0 Å². The fraction of sp³-hybridized carbons (Fsp3) is 0.600. The van der Waals surface area contributed by atoms with Crippen LogP contribution in [0.3, 0.4) is 0 Å². The second kappa shape index (κ2) is 6.70. The maximum absolute atomic E-state index is 11.2. The smallest absolute Gasteiger partial charge is 0.335 e. The summed E-state index contributed by atoms with van der Waals surface area (Å²) >= 11 is 0. The number of carboxylic acids is 1. The van der Waals surface area contributed by atoms with Gasteiger partial charge in [-0.2, -0.15) is 0 Å². The molecule has 1 heterocycles. The number of anilines is 1. The van der Waals surface area contributed by atoms with E-state index in [1.165, 1.54) is 0 Å². The quantitative estimate of drug-likeness (QED) is 0.743. The van der Waals surface area contributed by atoms with Crippen LogP contribution in [-0.4, -0.2) is 33.8 Å². The summed E-state index contributed by atoms with van der Waals surface area (Å²) in [6.45, 7) is 2.21. The van der Waals surface area contributed by atoms with E-state index in [1.807, 2.05) is 6.92 Å². The van der Waals surface area contributed by atoms with Crippen molar-refractivity contribution in [2.75, 3.05) is 11.9 Å². The predicted molar refractivity (Wildman–Crippen MR) is 77.0 cm³/mol. The number of carbonyl (C=O) groups is 1. The van der Waals surface area contributed by atoms with E-state index in [-0.39, 0.29) is 24.1 Å². The highest BCUT2D eigenvalue weighted by molar-refractivity contribution is 5.88. The van der Waals surface area contributed by atoms with Gasteiger partial charge in [0.15, 0.2) is 0 Å². The van der Waals surface area contributed by atoms with Crippen LogP contribution in [0.1, 0.15) is 48.7 Å². The molecule has 0 spiro atoms. The van der Waals surface area contributed by atoms with E-state index in [0.29, 0.717) is 5.82 Å². The third-order valence-corrected chi connectivity index (χ3v) is 3.86. The highest BCUT2D eigenvalue weighted by Gasteiger charge is 2.27. The molecule has 5 nitrogen and oxygen atoms in total. The maximum atomic E-state index is 11.2. The maximum Gasteiger partial charge on any atom is 0.335 e. The van der Waals surface area contributed by atoms with E-state index in [4.69, 9.17) is 5.11 Å². The first-order valence-electron chi connectivity index (χ1n) is 7.25. The minimum Gasteiger partial charge on any atom is -0.478 e. The molecule has 1 aliphatic rings. The summed E-state index contributed by atoms with van der Waals surface area (Å²) in [5.74, 6) is -0.0865. The van der Waals surface area contributed by atoms with Crippen molar-refractivity contribution in [1.82, 2.24) is 4.98 Å². The van der Waals surface area contributed by atoms with Gasteiger partial charge >= 0.3 is 5.97 Å². The molecule has 2 unspecified atom stereocenters. The van der Waals surface area contributed by atoms with Crippen molar-refractivity contribution < 1.29 is 15.0 Å². The number of nitrogens with one attached hydrogen (secondary N) is 1. The number of pyridine rings is 1. The standard InChI is InChI=1S/C15H22N2O3/c1-2-4-12-7-11(15(19)20)8-14(16-12)17-13-6-3-5-10(13)9-18/h7-8,10,13,18H,2-6,9H2,1H3,(H,16,17)(H,19,20). The number of rotatable bonds is 6. The van der Waals surface area contributed by atoms with Gasteiger partial charge in [0, 0.05) is 24.3 Å². The number of aliphatic hydroxyl groups is 1. The van der Waals surface area contributed by atoms with E-state index in [1.54, 1.807) is 12.1 Å². The Balaban J connectivity index is 2.19. The average molecular weight is 278 g/mol. The minimum atomic E-state index is -0.932. The summed E-state index contributed by atoms with van der Waals surface area (Å²) in [7, 11) is 0. The lowest BCUT2D eigenvalue weighted by Gasteiger charge is -2.20. The fourth-order valence-corrected chi connectivity index (χ4v) is 2.80. The second-order valence-electron chi connectivity index (χ2n) is 5.41. The van der Waals surface area contributed by atoms with Crippen LogP contribution in [0.5, 0.6) is 0 Å². The van der Waals surface area contributed by atoms with Crippen molar-refractivity contribution in [2.45, 2.75) is 45.1 Å². The van der Waals surface area contributed by atoms with Crippen LogP contribution in [0.15, 0.2) is 12.1 Å². The van der Waals surface area contributed by atoms with Crippen LogP contribution in [0, 0.1) is 5.92 Å². The van der Waals surface area contributed by atoms with Crippen LogP contribution in [-0.2, 0) is 6.42 Å². The molecule has 0 amide bonds. The summed E-state index contributed by atoms with van der Waals surface area (Å²) in [6, 6.07) is 3.40. The molecule has 20 heavy (non-hydrogen) atoms. The van der Waals surface area contributed by atoms with Crippen molar-refractivity contribution in [3.05, 3.63) is 23.4 Å². The Morgan fingerprint density at radius 2 is 2.25 bits per heavy atom. The Kier molecular flexibility index (Phi) is 4.95. The largest absolute Gasteiger partial charge is 0.478 e. The predicted octanol–water partition coefficient (Wildman–Crippen LogP) is 2.31. The number of aromatic nitrogens is 1. The van der Waals surface area contributed by atoms with Gasteiger partial charge in [-0.05, 0) is 31.4 Å². The molecule has 110 valence electrons. The van der Waals surface area contributed by atoms with Gasteiger partial charge in [-0.15, -0.1) is 0 Å². The summed E-state index contributed by atoms with van der Waals surface area (Å²) in [5.41, 5.74) is 1.07. The van der Waals surface area contributed by atoms with Crippen molar-refractivity contribution in [1.29, 1.82) is 0 Å². The van der Waals surface area contributed by atoms with E-state index < -0.39 is 5.97 Å². The van der Waals surface area contributed by atoms with Crippen molar-refractivity contribution >= 4 is 11.8 Å². The van der Waals surface area contributed by atoms with Crippen molar-refractivity contribution in [2.24, 2.45) is 5.92 Å². The van der Waals surface area contributed by atoms with Gasteiger partial charge in [-0.25, -0.2) is 9.78 Å². The van der Waals surface area contributed by atoms with Gasteiger partial charge in [0.25, 0.3) is 0 Å². The molecule has 2 atom stereocenters. The Hall–Kier alpha value is -1.62. The average Bonchev–Trinajstić information content (AvgIpc) is 2.86. The number of carboxylic acid groups (broad SMARTS) is 1. The summed E-state index contributed by atoms with van der Waals surface area (Å²) in [5, 5.41) is 21.8. The zero-order chi connectivity index (χ0) is 14.5. The molecule has 1 aromatic rings. The SMILES string of the molecule is CCCc1cc(C(=O)O)cc(NC2CCCC2CO)n1. The molecule has 5 heteroatoms. The monoisotopic (exact) mass is 278 g/mol. The van der Waals surface area contributed by atoms with Crippen LogP contribution >= 0.6 is 0 Å². The Morgan fingerprint density at radius 1 is 1.45 bits per heavy atom. The Labute approximate surface area is 119 Å². The number of aromatic carboxylic acids is 1. The lowest BCUT2D eigenvalue weighted by molar-refractivity contribution is 0.0696. The summed E-state index contributed by atoms with van der Waals surface area (Å²) in [6.07, 6.45) is 4.79. The third kappa shape index (κ3) is 3.48. The molecule has 2 rings (SSSR count). The van der Waals surface area contributed by atoms with Crippen molar-refractivity contribution in [3.8, 4) is 0 Å². The summed E-state index contributed by atoms with van der Waals surface area (Å²) in [4.78, 5) is 15.7. The van der Waals surface area contributed by atoms with Gasteiger partial charge in [-0.1, -0.05) is 19.8 Å². The first kappa shape index (κ1) is 14.8.